The van der Waals surface area contributed by atoms with Crippen LogP contribution in [0, 0.1) is 0 Å². The summed E-state index contributed by atoms with van der Waals surface area (Å²) in [6.07, 6.45) is 3.01. The quantitative estimate of drug-likeness (QED) is 0.711. The minimum atomic E-state index is -3.39. The van der Waals surface area contributed by atoms with Crippen LogP contribution in [-0.2, 0) is 10.2 Å². The lowest BCUT2D eigenvalue weighted by Crippen LogP contribution is -2.56. The van der Waals surface area contributed by atoms with Crippen molar-refractivity contribution in [3.05, 3.63) is 0 Å². The van der Waals surface area contributed by atoms with Crippen LogP contribution >= 0.6 is 0 Å². The summed E-state index contributed by atoms with van der Waals surface area (Å²) in [6.45, 7) is 6.51. The molecule has 1 N–H and O–H groups in total. The Morgan fingerprint density at radius 1 is 1.33 bits per heavy atom. The number of hydrogen-bond donors (Lipinski definition) is 1. The Hall–Kier alpha value is -0.210. The van der Waals surface area contributed by atoms with Crippen LogP contribution in [0.25, 0.3) is 0 Å². The van der Waals surface area contributed by atoms with Crippen LogP contribution in [-0.4, -0.2) is 81.3 Å². The van der Waals surface area contributed by atoms with E-state index < -0.39 is 10.2 Å². The van der Waals surface area contributed by atoms with Gasteiger partial charge in [-0.2, -0.15) is 17.0 Å². The van der Waals surface area contributed by atoms with Crippen LogP contribution in [0.15, 0.2) is 0 Å². The van der Waals surface area contributed by atoms with Gasteiger partial charge in [0.05, 0.1) is 0 Å². The molecule has 2 atom stereocenters. The molecule has 21 heavy (non-hydrogen) atoms. The van der Waals surface area contributed by atoms with Gasteiger partial charge in [-0.05, 0) is 40.9 Å². The molecule has 0 saturated carbocycles. The average Bonchev–Trinajstić information content (AvgIpc) is 2.39. The maximum absolute atomic E-state index is 13.0. The summed E-state index contributed by atoms with van der Waals surface area (Å²) in [5.41, 5.74) is 0. The van der Waals surface area contributed by atoms with Crippen LogP contribution in [0.4, 0.5) is 0 Å². The van der Waals surface area contributed by atoms with E-state index in [0.717, 1.165) is 32.4 Å². The first-order valence-corrected chi connectivity index (χ1v) is 9.32. The van der Waals surface area contributed by atoms with Crippen LogP contribution in [0.3, 0.4) is 0 Å². The number of hydrogen-bond acceptors (Lipinski definition) is 4. The number of likely N-dealkylation sites (N-methyl/N-ethyl adjacent to an activating group) is 3. The van der Waals surface area contributed by atoms with Crippen LogP contribution in [0.2, 0.25) is 0 Å². The summed E-state index contributed by atoms with van der Waals surface area (Å²) < 4.78 is 29.4. The van der Waals surface area contributed by atoms with Gasteiger partial charge in [0.2, 0.25) is 0 Å². The van der Waals surface area contributed by atoms with Crippen molar-refractivity contribution >= 4 is 10.2 Å². The highest BCUT2D eigenvalue weighted by molar-refractivity contribution is 7.86. The Bertz CT molecular complexity index is 398. The summed E-state index contributed by atoms with van der Waals surface area (Å²) in [7, 11) is 2.44. The number of rotatable bonds is 8. The maximum Gasteiger partial charge on any atom is 0.282 e. The predicted octanol–water partition coefficient (Wildman–Crippen LogP) is 0.577. The fraction of sp³-hybridized carbons (Fsp3) is 1.00. The topological polar surface area (TPSA) is 55.9 Å². The van der Waals surface area contributed by atoms with Crippen LogP contribution in [0.5, 0.6) is 0 Å². The molecular formula is C14H32N4O2S. The Labute approximate surface area is 130 Å². The van der Waals surface area contributed by atoms with E-state index >= 15 is 0 Å². The van der Waals surface area contributed by atoms with E-state index in [1.807, 2.05) is 39.9 Å². The average molecular weight is 321 g/mol. The molecule has 1 aliphatic heterocycles. The van der Waals surface area contributed by atoms with Gasteiger partial charge in [-0.1, -0.05) is 13.3 Å². The highest BCUT2D eigenvalue weighted by Crippen LogP contribution is 2.23. The Kier molecular flexibility index (Phi) is 7.56. The zero-order valence-electron chi connectivity index (χ0n) is 14.2. The third-order valence-electron chi connectivity index (χ3n) is 4.04. The third-order valence-corrected chi connectivity index (χ3v) is 6.32. The zero-order valence-corrected chi connectivity index (χ0v) is 15.0. The molecule has 1 fully saturated rings. The first-order chi connectivity index (χ1) is 9.84. The van der Waals surface area contributed by atoms with E-state index in [9.17, 15) is 8.42 Å². The van der Waals surface area contributed by atoms with Gasteiger partial charge in [0.25, 0.3) is 10.2 Å². The normalized spacial score (nSPS) is 22.9. The Morgan fingerprint density at radius 3 is 2.52 bits per heavy atom. The molecule has 6 nitrogen and oxygen atoms in total. The van der Waals surface area contributed by atoms with E-state index in [1.54, 1.807) is 8.61 Å². The van der Waals surface area contributed by atoms with Gasteiger partial charge >= 0.3 is 0 Å². The van der Waals surface area contributed by atoms with Crippen molar-refractivity contribution in [3.63, 3.8) is 0 Å². The molecule has 0 aromatic carbocycles. The molecule has 1 heterocycles. The van der Waals surface area contributed by atoms with Crippen molar-refractivity contribution in [1.82, 2.24) is 18.8 Å². The van der Waals surface area contributed by atoms with Crippen molar-refractivity contribution in [2.75, 3.05) is 47.3 Å². The van der Waals surface area contributed by atoms with E-state index in [1.165, 1.54) is 0 Å². The monoisotopic (exact) mass is 320 g/mol. The third kappa shape index (κ3) is 4.89. The lowest BCUT2D eigenvalue weighted by atomic mass is 10.1. The highest BCUT2D eigenvalue weighted by atomic mass is 32.2. The van der Waals surface area contributed by atoms with E-state index in [0.29, 0.717) is 13.1 Å². The molecule has 1 rings (SSSR count). The second-order valence-electron chi connectivity index (χ2n) is 6.14. The molecule has 1 aliphatic rings. The first-order valence-electron chi connectivity index (χ1n) is 7.92. The summed E-state index contributed by atoms with van der Waals surface area (Å²) >= 11 is 0. The first kappa shape index (κ1) is 18.8. The van der Waals surface area contributed by atoms with Gasteiger partial charge in [0.15, 0.2) is 0 Å². The van der Waals surface area contributed by atoms with Crippen LogP contribution in [0.1, 0.15) is 33.1 Å². The standard InChI is InChI=1S/C14H32N4O2S/c1-6-17(13(2)12-16(4)5)21(19,20)18-10-8-7-9-14(18)11-15-3/h13-15H,6-12H2,1-5H3. The summed E-state index contributed by atoms with van der Waals surface area (Å²) in [5.74, 6) is 0. The van der Waals surface area contributed by atoms with Gasteiger partial charge < -0.3 is 10.2 Å². The molecule has 1 saturated heterocycles. The predicted molar refractivity (Wildman–Crippen MR) is 87.6 cm³/mol. The lowest BCUT2D eigenvalue weighted by Gasteiger charge is -2.40. The van der Waals surface area contributed by atoms with E-state index in [4.69, 9.17) is 0 Å². The Balaban J connectivity index is 2.93. The van der Waals surface area contributed by atoms with Gasteiger partial charge in [-0.3, -0.25) is 0 Å². The van der Waals surface area contributed by atoms with Gasteiger partial charge in [0, 0.05) is 38.3 Å². The largest absolute Gasteiger partial charge is 0.318 e. The van der Waals surface area contributed by atoms with Crippen molar-refractivity contribution in [2.24, 2.45) is 0 Å². The maximum atomic E-state index is 13.0. The Morgan fingerprint density at radius 2 is 2.00 bits per heavy atom. The van der Waals surface area contributed by atoms with Gasteiger partial charge in [-0.25, -0.2) is 0 Å². The second-order valence-corrected chi connectivity index (χ2v) is 7.97. The van der Waals surface area contributed by atoms with Gasteiger partial charge in [0.1, 0.15) is 0 Å². The van der Waals surface area contributed by atoms with Crippen molar-refractivity contribution in [2.45, 2.75) is 45.2 Å². The molecule has 0 aliphatic carbocycles. The summed E-state index contributed by atoms with van der Waals surface area (Å²) in [6, 6.07) is 0.0570. The fourth-order valence-corrected chi connectivity index (χ4v) is 5.21. The summed E-state index contributed by atoms with van der Waals surface area (Å²) in [4.78, 5) is 2.03. The highest BCUT2D eigenvalue weighted by Gasteiger charge is 2.37. The molecule has 0 aromatic heterocycles. The molecule has 0 aromatic rings. The summed E-state index contributed by atoms with van der Waals surface area (Å²) in [5, 5.41) is 3.13. The van der Waals surface area contributed by atoms with Crippen LogP contribution < -0.4 is 5.32 Å². The molecule has 0 bridgehead atoms. The number of piperidine rings is 1. The number of nitrogens with zero attached hydrogens (tertiary/aromatic N) is 3. The van der Waals surface area contributed by atoms with Crippen molar-refractivity contribution in [1.29, 1.82) is 0 Å². The number of nitrogens with one attached hydrogen (secondary N) is 1. The molecule has 7 heteroatoms. The van der Waals surface area contributed by atoms with E-state index in [2.05, 4.69) is 5.32 Å². The molecule has 0 radical (unpaired) electrons. The minimum absolute atomic E-state index is 0.0211. The van der Waals surface area contributed by atoms with Crippen molar-refractivity contribution < 1.29 is 8.42 Å². The zero-order chi connectivity index (χ0) is 16.0. The molecule has 0 spiro atoms. The van der Waals surface area contributed by atoms with E-state index in [-0.39, 0.29) is 12.1 Å². The second kappa shape index (κ2) is 8.43. The molecule has 0 amide bonds. The lowest BCUT2D eigenvalue weighted by molar-refractivity contribution is 0.208. The minimum Gasteiger partial charge on any atom is -0.318 e. The fourth-order valence-electron chi connectivity index (χ4n) is 3.17. The molecule has 126 valence electrons. The van der Waals surface area contributed by atoms with Crippen molar-refractivity contribution in [3.8, 4) is 0 Å². The SMILES string of the molecule is CCN(C(C)CN(C)C)S(=O)(=O)N1CCCCC1CNC. The molecule has 2 unspecified atom stereocenters. The smallest absolute Gasteiger partial charge is 0.282 e. The molecular weight excluding hydrogens is 288 g/mol. The van der Waals surface area contributed by atoms with Gasteiger partial charge in [-0.15, -0.1) is 0 Å².